The van der Waals surface area contributed by atoms with Crippen molar-refractivity contribution in [1.82, 2.24) is 4.98 Å². The molecule has 2 fully saturated rings. The zero-order chi connectivity index (χ0) is 17.2. The van der Waals surface area contributed by atoms with Crippen molar-refractivity contribution in [3.63, 3.8) is 0 Å². The summed E-state index contributed by atoms with van der Waals surface area (Å²) < 4.78 is 38.8. The van der Waals surface area contributed by atoms with Gasteiger partial charge in [-0.25, -0.2) is 4.98 Å². The lowest BCUT2D eigenvalue weighted by Gasteiger charge is -2.26. The molecule has 0 saturated carbocycles. The number of ether oxygens (including phenoxy) is 4. The number of hydrogen-bond donors (Lipinski definition) is 1. The van der Waals surface area contributed by atoms with Crippen molar-refractivity contribution in [3.8, 4) is 0 Å². The summed E-state index contributed by atoms with van der Waals surface area (Å²) in [6.45, 7) is 1.65. The molecule has 1 aromatic rings. The van der Waals surface area contributed by atoms with E-state index in [-0.39, 0.29) is 18.0 Å². The minimum Gasteiger partial charge on any atom is -0.392 e. The summed E-state index contributed by atoms with van der Waals surface area (Å²) in [5.41, 5.74) is 0.349. The molecule has 0 unspecified atom stereocenters. The van der Waals surface area contributed by atoms with Crippen molar-refractivity contribution in [3.05, 3.63) is 29.0 Å². The van der Waals surface area contributed by atoms with Gasteiger partial charge in [0.25, 0.3) is 0 Å². The number of nitrogens with zero attached hydrogens (tertiary/aromatic N) is 1. The molecule has 1 aromatic heterocycles. The first-order valence-electron chi connectivity index (χ1n) is 8.21. The molecule has 2 aliphatic rings. The summed E-state index contributed by atoms with van der Waals surface area (Å²) in [5.74, 6) is -1.76. The van der Waals surface area contributed by atoms with Crippen molar-refractivity contribution in [2.45, 2.75) is 37.4 Å². The van der Waals surface area contributed by atoms with Crippen LogP contribution in [0.25, 0.3) is 0 Å². The number of hydrogen-bond acceptors (Lipinski definition) is 6. The van der Waals surface area contributed by atoms with Gasteiger partial charge in [-0.1, -0.05) is 17.7 Å². The largest absolute Gasteiger partial charge is 0.392 e. The van der Waals surface area contributed by atoms with E-state index in [9.17, 15) is 5.11 Å². The second-order valence-electron chi connectivity index (χ2n) is 5.05. The summed E-state index contributed by atoms with van der Waals surface area (Å²) in [4.78, 5) is 3.97. The zero-order valence-electron chi connectivity index (χ0n) is 14.0. The Morgan fingerprint density at radius 2 is 1.73 bits per heavy atom. The predicted octanol–water partition coefficient (Wildman–Crippen LogP) is 1.71. The van der Waals surface area contributed by atoms with Crippen LogP contribution in [-0.2, 0) is 18.9 Å². The standard InChI is InChI=1S/C15H20ClNO5/c16-13-2-1-10(9-17-13)11(7-14-19-3-4-20-14)12(18)8-15-21-5-6-22-15/h1-2,9,11-12,14-15,18H,3-8H2/t11-,12-/m1/s1/i11D,12D. The van der Waals surface area contributed by atoms with Crippen LogP contribution in [0.4, 0.5) is 0 Å². The van der Waals surface area contributed by atoms with Crippen LogP contribution >= 0.6 is 11.6 Å². The van der Waals surface area contributed by atoms with E-state index < -0.39 is 24.6 Å². The molecule has 3 heterocycles. The van der Waals surface area contributed by atoms with Crippen LogP contribution in [-0.4, -0.2) is 55.2 Å². The fourth-order valence-electron chi connectivity index (χ4n) is 2.45. The number of aromatic nitrogens is 1. The van der Waals surface area contributed by atoms with Gasteiger partial charge in [0.1, 0.15) is 5.15 Å². The average Bonchev–Trinajstić information content (AvgIpc) is 3.21. The number of aliphatic hydroxyl groups is 1. The first kappa shape index (κ1) is 13.7. The average molecular weight is 332 g/mol. The zero-order valence-corrected chi connectivity index (χ0v) is 12.8. The Bertz CT molecular complexity index is 549. The highest BCUT2D eigenvalue weighted by Gasteiger charge is 2.31. The molecule has 0 aliphatic carbocycles. The predicted molar refractivity (Wildman–Crippen MR) is 78.6 cm³/mol. The van der Waals surface area contributed by atoms with E-state index in [1.165, 1.54) is 12.3 Å². The molecule has 0 bridgehead atoms. The van der Waals surface area contributed by atoms with Gasteiger partial charge >= 0.3 is 0 Å². The molecular weight excluding hydrogens is 310 g/mol. The van der Waals surface area contributed by atoms with E-state index in [2.05, 4.69) is 4.98 Å². The molecular formula is C15H20ClNO5. The lowest BCUT2D eigenvalue weighted by molar-refractivity contribution is -0.0882. The molecule has 1 N–H and O–H groups in total. The van der Waals surface area contributed by atoms with Crippen LogP contribution in [0.15, 0.2) is 18.3 Å². The van der Waals surface area contributed by atoms with E-state index in [0.717, 1.165) is 0 Å². The van der Waals surface area contributed by atoms with Crippen molar-refractivity contribution >= 4 is 11.6 Å². The number of pyridine rings is 1. The topological polar surface area (TPSA) is 70.0 Å². The molecule has 2 atom stereocenters. The molecule has 122 valence electrons. The summed E-state index contributed by atoms with van der Waals surface area (Å²) >= 11 is 5.81. The molecule has 7 heteroatoms. The van der Waals surface area contributed by atoms with Gasteiger partial charge in [-0.05, 0) is 11.6 Å². The summed E-state index contributed by atoms with van der Waals surface area (Å²) in [7, 11) is 0. The van der Waals surface area contributed by atoms with E-state index in [0.29, 0.717) is 32.0 Å². The lowest BCUT2D eigenvalue weighted by Crippen LogP contribution is -2.28. The highest BCUT2D eigenvalue weighted by atomic mass is 35.5. The fraction of sp³-hybridized carbons (Fsp3) is 0.667. The molecule has 0 radical (unpaired) electrons. The molecule has 22 heavy (non-hydrogen) atoms. The Hall–Kier alpha value is -0.760. The van der Waals surface area contributed by atoms with Crippen molar-refractivity contribution in [2.75, 3.05) is 26.4 Å². The minimum atomic E-state index is -2.20. The van der Waals surface area contributed by atoms with Crippen LogP contribution in [0.2, 0.25) is 5.15 Å². The normalized spacial score (nSPS) is 27.2. The van der Waals surface area contributed by atoms with E-state index in [1.807, 2.05) is 0 Å². The quantitative estimate of drug-likeness (QED) is 0.800. The van der Waals surface area contributed by atoms with Crippen LogP contribution < -0.4 is 0 Å². The van der Waals surface area contributed by atoms with Gasteiger partial charge in [-0.15, -0.1) is 0 Å². The summed E-state index contributed by atoms with van der Waals surface area (Å²) in [5, 5.41) is 11.1. The van der Waals surface area contributed by atoms with Crippen molar-refractivity contribution < 1.29 is 26.8 Å². The minimum absolute atomic E-state index is 0.0248. The Morgan fingerprint density at radius 1 is 1.14 bits per heavy atom. The highest BCUT2D eigenvalue weighted by Crippen LogP contribution is 2.31. The van der Waals surface area contributed by atoms with E-state index in [4.69, 9.17) is 33.3 Å². The first-order valence-corrected chi connectivity index (χ1v) is 7.59. The van der Waals surface area contributed by atoms with Gasteiger partial charge in [0, 0.05) is 26.3 Å². The molecule has 0 aromatic carbocycles. The Balaban J connectivity index is 1.88. The Labute approximate surface area is 137 Å². The van der Waals surface area contributed by atoms with Crippen LogP contribution in [0.5, 0.6) is 0 Å². The smallest absolute Gasteiger partial charge is 0.160 e. The maximum Gasteiger partial charge on any atom is 0.160 e. The maximum absolute atomic E-state index is 10.8. The molecule has 2 aliphatic heterocycles. The van der Waals surface area contributed by atoms with Crippen molar-refractivity contribution in [2.24, 2.45) is 0 Å². The van der Waals surface area contributed by atoms with Gasteiger partial charge in [-0.2, -0.15) is 0 Å². The van der Waals surface area contributed by atoms with E-state index >= 15 is 0 Å². The van der Waals surface area contributed by atoms with Crippen molar-refractivity contribution in [1.29, 1.82) is 0 Å². The molecule has 3 rings (SSSR count). The number of halogens is 1. The van der Waals surface area contributed by atoms with Crippen LogP contribution in [0, 0.1) is 0 Å². The monoisotopic (exact) mass is 331 g/mol. The third-order valence-electron chi connectivity index (χ3n) is 3.54. The van der Waals surface area contributed by atoms with Gasteiger partial charge in [0.2, 0.25) is 0 Å². The summed E-state index contributed by atoms with van der Waals surface area (Å²) in [6, 6.07) is 3.10. The molecule has 6 nitrogen and oxygen atoms in total. The molecule has 2 saturated heterocycles. The second-order valence-corrected chi connectivity index (χ2v) is 5.43. The maximum atomic E-state index is 10.8. The highest BCUT2D eigenvalue weighted by molar-refractivity contribution is 6.29. The first-order chi connectivity index (χ1) is 11.4. The Kier molecular flexibility index (Phi) is 4.77. The molecule has 0 spiro atoms. The lowest BCUT2D eigenvalue weighted by atomic mass is 9.89. The van der Waals surface area contributed by atoms with Gasteiger partial charge in [0.15, 0.2) is 12.6 Å². The van der Waals surface area contributed by atoms with Crippen LogP contribution in [0.1, 0.15) is 27.0 Å². The second kappa shape index (κ2) is 7.68. The Morgan fingerprint density at radius 3 is 2.27 bits per heavy atom. The van der Waals surface area contributed by atoms with Crippen LogP contribution in [0.3, 0.4) is 0 Å². The SMILES string of the molecule is [2H][C@@](O)(CC1OCCO1)[C@]([2H])(CC1OCCO1)c1ccc(Cl)nc1. The van der Waals surface area contributed by atoms with E-state index in [1.54, 1.807) is 6.07 Å². The van der Waals surface area contributed by atoms with Gasteiger partial charge < -0.3 is 24.1 Å². The van der Waals surface area contributed by atoms with Gasteiger partial charge in [0.05, 0.1) is 33.9 Å². The molecule has 0 amide bonds. The van der Waals surface area contributed by atoms with Gasteiger partial charge in [-0.3, -0.25) is 0 Å². The fourth-order valence-corrected chi connectivity index (χ4v) is 2.57. The number of rotatable bonds is 6. The third kappa shape index (κ3) is 4.16. The third-order valence-corrected chi connectivity index (χ3v) is 3.76. The summed E-state index contributed by atoms with van der Waals surface area (Å²) in [6.07, 6.45) is -2.40.